The van der Waals surface area contributed by atoms with E-state index in [9.17, 15) is 4.79 Å². The Bertz CT molecular complexity index is 798. The van der Waals surface area contributed by atoms with E-state index in [0.29, 0.717) is 17.3 Å². The SMILES string of the molecule is O=C(O)c1cnc(Cc2ccc3ncc(Cl)cc3c2)o1. The first kappa shape index (κ1) is 12.6. The molecule has 5 nitrogen and oxygen atoms in total. The van der Waals surface area contributed by atoms with E-state index < -0.39 is 5.97 Å². The van der Waals surface area contributed by atoms with Gasteiger partial charge in [-0.2, -0.15) is 0 Å². The zero-order chi connectivity index (χ0) is 14.1. The number of aromatic nitrogens is 2. The minimum absolute atomic E-state index is 0.162. The summed E-state index contributed by atoms with van der Waals surface area (Å²) >= 11 is 5.91. The molecule has 0 spiro atoms. The lowest BCUT2D eigenvalue weighted by atomic mass is 10.1. The van der Waals surface area contributed by atoms with Crippen molar-refractivity contribution >= 4 is 28.5 Å². The number of pyridine rings is 1. The lowest BCUT2D eigenvalue weighted by Gasteiger charge is -2.01. The van der Waals surface area contributed by atoms with Crippen LogP contribution in [0.25, 0.3) is 10.9 Å². The van der Waals surface area contributed by atoms with Crippen LogP contribution in [-0.2, 0) is 6.42 Å². The number of fused-ring (bicyclic) bond motifs is 1. The standard InChI is InChI=1S/C14H9ClN2O3/c15-10-5-9-3-8(1-2-11(9)16-6-10)4-13-17-7-12(20-13)14(18)19/h1-3,5-7H,4H2,(H,18,19). The van der Waals surface area contributed by atoms with E-state index in [2.05, 4.69) is 9.97 Å². The Hall–Kier alpha value is -2.40. The van der Waals surface area contributed by atoms with Gasteiger partial charge in [-0.3, -0.25) is 4.98 Å². The summed E-state index contributed by atoms with van der Waals surface area (Å²) in [6.45, 7) is 0. The van der Waals surface area contributed by atoms with Crippen LogP contribution >= 0.6 is 11.6 Å². The van der Waals surface area contributed by atoms with Gasteiger partial charge in [0.2, 0.25) is 5.76 Å². The Labute approximate surface area is 118 Å². The van der Waals surface area contributed by atoms with Gasteiger partial charge in [-0.05, 0) is 23.8 Å². The van der Waals surface area contributed by atoms with E-state index in [1.807, 2.05) is 24.3 Å². The third-order valence-electron chi connectivity index (χ3n) is 2.83. The fourth-order valence-electron chi connectivity index (χ4n) is 1.93. The second-order valence-electron chi connectivity index (χ2n) is 4.28. The van der Waals surface area contributed by atoms with Crippen molar-refractivity contribution in [3.05, 3.63) is 58.9 Å². The highest BCUT2D eigenvalue weighted by Crippen LogP contribution is 2.20. The smallest absolute Gasteiger partial charge is 0.373 e. The highest BCUT2D eigenvalue weighted by atomic mass is 35.5. The maximum absolute atomic E-state index is 10.7. The van der Waals surface area contributed by atoms with Gasteiger partial charge >= 0.3 is 5.97 Å². The molecule has 6 heteroatoms. The molecule has 2 aromatic heterocycles. The highest BCUT2D eigenvalue weighted by Gasteiger charge is 2.11. The van der Waals surface area contributed by atoms with Crippen molar-refractivity contribution in [3.63, 3.8) is 0 Å². The van der Waals surface area contributed by atoms with Crippen LogP contribution in [0.2, 0.25) is 5.02 Å². The Kier molecular flexibility index (Phi) is 3.12. The third kappa shape index (κ3) is 2.48. The molecule has 100 valence electrons. The maximum Gasteiger partial charge on any atom is 0.373 e. The van der Waals surface area contributed by atoms with Crippen LogP contribution in [0.1, 0.15) is 22.0 Å². The quantitative estimate of drug-likeness (QED) is 0.801. The summed E-state index contributed by atoms with van der Waals surface area (Å²) < 4.78 is 5.13. The summed E-state index contributed by atoms with van der Waals surface area (Å²) in [5.74, 6) is -0.930. The molecule has 1 aromatic carbocycles. The average molecular weight is 289 g/mol. The fourth-order valence-corrected chi connectivity index (χ4v) is 2.10. The van der Waals surface area contributed by atoms with Crippen molar-refractivity contribution in [1.82, 2.24) is 9.97 Å². The first-order valence-corrected chi connectivity index (χ1v) is 6.22. The molecule has 0 saturated heterocycles. The average Bonchev–Trinajstić information content (AvgIpc) is 2.87. The minimum Gasteiger partial charge on any atom is -0.475 e. The molecule has 0 fully saturated rings. The molecule has 3 aromatic rings. The molecule has 0 aliphatic carbocycles. The van der Waals surface area contributed by atoms with Gasteiger partial charge < -0.3 is 9.52 Å². The van der Waals surface area contributed by atoms with Crippen molar-refractivity contribution in [2.24, 2.45) is 0 Å². The number of hydrogen-bond donors (Lipinski definition) is 1. The lowest BCUT2D eigenvalue weighted by molar-refractivity contribution is 0.0660. The van der Waals surface area contributed by atoms with Crippen LogP contribution in [0, 0.1) is 0 Å². The monoisotopic (exact) mass is 288 g/mol. The first-order chi connectivity index (χ1) is 9.61. The van der Waals surface area contributed by atoms with E-state index in [4.69, 9.17) is 21.1 Å². The van der Waals surface area contributed by atoms with Gasteiger partial charge in [0, 0.05) is 18.0 Å². The number of carbonyl (C=O) groups is 1. The normalized spacial score (nSPS) is 10.8. The molecular weight excluding hydrogens is 280 g/mol. The molecule has 1 N–H and O–H groups in total. The number of nitrogens with zero attached hydrogens (tertiary/aromatic N) is 2. The van der Waals surface area contributed by atoms with E-state index in [-0.39, 0.29) is 5.76 Å². The number of hydrogen-bond acceptors (Lipinski definition) is 4. The Morgan fingerprint density at radius 1 is 1.25 bits per heavy atom. The molecular formula is C14H9ClN2O3. The number of carboxylic acid groups (broad SMARTS) is 1. The third-order valence-corrected chi connectivity index (χ3v) is 3.04. The number of oxazole rings is 1. The van der Waals surface area contributed by atoms with Gasteiger partial charge in [-0.15, -0.1) is 0 Å². The molecule has 0 amide bonds. The van der Waals surface area contributed by atoms with E-state index in [1.165, 1.54) is 6.20 Å². The zero-order valence-corrected chi connectivity index (χ0v) is 11.0. The second kappa shape index (κ2) is 4.94. The van der Waals surface area contributed by atoms with Gasteiger partial charge in [0.05, 0.1) is 16.7 Å². The van der Waals surface area contributed by atoms with Crippen molar-refractivity contribution in [1.29, 1.82) is 0 Å². The summed E-state index contributed by atoms with van der Waals surface area (Å²) in [6, 6.07) is 7.53. The summed E-state index contributed by atoms with van der Waals surface area (Å²) in [7, 11) is 0. The van der Waals surface area contributed by atoms with Crippen molar-refractivity contribution in [2.75, 3.05) is 0 Å². The Morgan fingerprint density at radius 2 is 2.10 bits per heavy atom. The van der Waals surface area contributed by atoms with Gasteiger partial charge in [0.25, 0.3) is 0 Å². The largest absolute Gasteiger partial charge is 0.475 e. The van der Waals surface area contributed by atoms with Crippen LogP contribution in [0.3, 0.4) is 0 Å². The molecule has 2 heterocycles. The maximum atomic E-state index is 10.7. The van der Waals surface area contributed by atoms with E-state index in [1.54, 1.807) is 6.20 Å². The molecule has 3 rings (SSSR count). The molecule has 0 saturated carbocycles. The lowest BCUT2D eigenvalue weighted by Crippen LogP contribution is -1.92. The van der Waals surface area contributed by atoms with Gasteiger partial charge in [-0.1, -0.05) is 17.7 Å². The summed E-state index contributed by atoms with van der Waals surface area (Å²) in [6.07, 6.45) is 3.21. The predicted octanol–water partition coefficient (Wildman–Crippen LogP) is 3.17. The molecule has 0 unspecified atom stereocenters. The van der Waals surface area contributed by atoms with Gasteiger partial charge in [0.1, 0.15) is 0 Å². The van der Waals surface area contributed by atoms with Crippen molar-refractivity contribution < 1.29 is 14.3 Å². The van der Waals surface area contributed by atoms with Crippen LogP contribution < -0.4 is 0 Å². The number of aromatic carboxylic acids is 1. The Morgan fingerprint density at radius 3 is 2.85 bits per heavy atom. The predicted molar refractivity (Wildman–Crippen MR) is 73.0 cm³/mol. The molecule has 20 heavy (non-hydrogen) atoms. The zero-order valence-electron chi connectivity index (χ0n) is 10.2. The number of carboxylic acids is 1. The van der Waals surface area contributed by atoms with E-state index in [0.717, 1.165) is 16.5 Å². The van der Waals surface area contributed by atoms with Crippen molar-refractivity contribution in [3.8, 4) is 0 Å². The molecule has 0 aliphatic rings. The van der Waals surface area contributed by atoms with Gasteiger partial charge in [0.15, 0.2) is 5.89 Å². The van der Waals surface area contributed by atoms with Crippen LogP contribution in [0.5, 0.6) is 0 Å². The second-order valence-corrected chi connectivity index (χ2v) is 4.72. The minimum atomic E-state index is -1.13. The number of benzene rings is 1. The van der Waals surface area contributed by atoms with Crippen LogP contribution in [0.4, 0.5) is 0 Å². The molecule has 0 aliphatic heterocycles. The van der Waals surface area contributed by atoms with Gasteiger partial charge in [-0.25, -0.2) is 9.78 Å². The first-order valence-electron chi connectivity index (χ1n) is 5.84. The topological polar surface area (TPSA) is 76.2 Å². The molecule has 0 bridgehead atoms. The van der Waals surface area contributed by atoms with Crippen molar-refractivity contribution in [2.45, 2.75) is 6.42 Å². The fraction of sp³-hybridized carbons (Fsp3) is 0.0714. The number of halogens is 1. The molecule has 0 atom stereocenters. The number of rotatable bonds is 3. The summed E-state index contributed by atoms with van der Waals surface area (Å²) in [4.78, 5) is 18.9. The van der Waals surface area contributed by atoms with Crippen LogP contribution in [0.15, 0.2) is 41.1 Å². The molecule has 0 radical (unpaired) electrons. The summed E-state index contributed by atoms with van der Waals surface area (Å²) in [5.41, 5.74) is 1.79. The van der Waals surface area contributed by atoms with E-state index >= 15 is 0 Å². The summed E-state index contributed by atoms with van der Waals surface area (Å²) in [5, 5.41) is 10.3. The highest BCUT2D eigenvalue weighted by molar-refractivity contribution is 6.31. The Balaban J connectivity index is 1.91. The van der Waals surface area contributed by atoms with Crippen LogP contribution in [-0.4, -0.2) is 21.0 Å².